The van der Waals surface area contributed by atoms with Crippen LogP contribution < -0.4 is 14.2 Å². The summed E-state index contributed by atoms with van der Waals surface area (Å²) in [6.07, 6.45) is 1.70. The predicted molar refractivity (Wildman–Crippen MR) is 131 cm³/mol. The van der Waals surface area contributed by atoms with Crippen LogP contribution in [0.1, 0.15) is 27.0 Å². The number of ether oxygens (including phenoxy) is 3. The van der Waals surface area contributed by atoms with E-state index in [-0.39, 0.29) is 11.5 Å². The largest absolute Gasteiger partial charge is 0.496 e. The maximum atomic E-state index is 13.1. The normalized spacial score (nSPS) is 16.2. The zero-order valence-corrected chi connectivity index (χ0v) is 20.6. The highest BCUT2D eigenvalue weighted by Gasteiger charge is 2.33. The van der Waals surface area contributed by atoms with Crippen molar-refractivity contribution in [1.82, 2.24) is 4.90 Å². The number of allylic oxidation sites excluding steroid dienone is 1. The second kappa shape index (κ2) is 9.03. The Bertz CT molecular complexity index is 1310. The van der Waals surface area contributed by atoms with Gasteiger partial charge in [-0.15, -0.1) is 0 Å². The van der Waals surface area contributed by atoms with Crippen LogP contribution in [0.25, 0.3) is 6.08 Å². The maximum absolute atomic E-state index is 13.1. The van der Waals surface area contributed by atoms with E-state index >= 15 is 0 Å². The molecule has 0 saturated heterocycles. The minimum Gasteiger partial charge on any atom is -0.496 e. The number of hydrogen-bond acceptors (Lipinski definition) is 5. The topological polar surface area (TPSA) is 48.0 Å². The van der Waals surface area contributed by atoms with Crippen LogP contribution in [0.4, 0.5) is 0 Å². The number of methoxy groups -OCH3 is 1. The van der Waals surface area contributed by atoms with Gasteiger partial charge in [0.2, 0.25) is 5.78 Å². The van der Waals surface area contributed by atoms with Crippen LogP contribution >= 0.6 is 39.1 Å². The zero-order chi connectivity index (χ0) is 23.1. The van der Waals surface area contributed by atoms with Gasteiger partial charge in [-0.25, -0.2) is 0 Å². The van der Waals surface area contributed by atoms with Crippen molar-refractivity contribution in [3.63, 3.8) is 0 Å². The van der Waals surface area contributed by atoms with Gasteiger partial charge in [-0.05, 0) is 54.1 Å². The first kappa shape index (κ1) is 22.3. The highest BCUT2D eigenvalue weighted by atomic mass is 79.9. The quantitative estimate of drug-likeness (QED) is 0.339. The molecule has 33 heavy (non-hydrogen) atoms. The molecule has 2 aliphatic heterocycles. The molecule has 168 valence electrons. The average molecular weight is 547 g/mol. The molecule has 0 amide bonds. The third-order valence-corrected chi connectivity index (χ3v) is 6.78. The summed E-state index contributed by atoms with van der Waals surface area (Å²) in [7, 11) is 1.59. The Balaban J connectivity index is 1.43. The van der Waals surface area contributed by atoms with Gasteiger partial charge < -0.3 is 14.2 Å². The molecule has 2 heterocycles. The lowest BCUT2D eigenvalue weighted by Crippen LogP contribution is -2.31. The number of nitrogens with zero attached hydrogens (tertiary/aromatic N) is 1. The van der Waals surface area contributed by atoms with Crippen LogP contribution in [0.5, 0.6) is 17.2 Å². The van der Waals surface area contributed by atoms with E-state index in [0.29, 0.717) is 52.7 Å². The average Bonchev–Trinajstić information content (AvgIpc) is 3.12. The first-order chi connectivity index (χ1) is 15.9. The standard InChI is InChI=1S/C25H18BrCl2NO4/c1-31-21-6-3-16(26)9-15(21)10-23-24(30)17-4-7-22-18(25(17)33-23)12-29(13-32-22)11-14-2-5-19(27)20(28)8-14/h2-10H,11-13H2,1H3/b23-10-. The van der Waals surface area contributed by atoms with Gasteiger partial charge in [0.25, 0.3) is 0 Å². The predicted octanol–water partition coefficient (Wildman–Crippen LogP) is 6.73. The molecule has 8 heteroatoms. The van der Waals surface area contributed by atoms with Gasteiger partial charge in [-0.3, -0.25) is 9.69 Å². The molecule has 5 nitrogen and oxygen atoms in total. The summed E-state index contributed by atoms with van der Waals surface area (Å²) in [4.78, 5) is 15.2. The van der Waals surface area contributed by atoms with E-state index in [1.54, 1.807) is 25.3 Å². The van der Waals surface area contributed by atoms with Crippen LogP contribution in [0.3, 0.4) is 0 Å². The smallest absolute Gasteiger partial charge is 0.231 e. The molecule has 3 aromatic rings. The molecular weight excluding hydrogens is 529 g/mol. The van der Waals surface area contributed by atoms with E-state index in [9.17, 15) is 4.79 Å². The van der Waals surface area contributed by atoms with Crippen molar-refractivity contribution in [2.45, 2.75) is 13.1 Å². The number of benzene rings is 3. The lowest BCUT2D eigenvalue weighted by atomic mass is 10.0. The minimum absolute atomic E-state index is 0.170. The number of fused-ring (bicyclic) bond motifs is 3. The van der Waals surface area contributed by atoms with Crippen molar-refractivity contribution in [3.8, 4) is 17.2 Å². The maximum Gasteiger partial charge on any atom is 0.231 e. The Morgan fingerprint density at radius 3 is 2.76 bits per heavy atom. The summed E-state index contributed by atoms with van der Waals surface area (Å²) in [5.41, 5.74) is 3.13. The highest BCUT2D eigenvalue weighted by molar-refractivity contribution is 9.10. The Morgan fingerprint density at radius 2 is 1.97 bits per heavy atom. The first-order valence-corrected chi connectivity index (χ1v) is 11.7. The molecule has 0 aliphatic carbocycles. The molecule has 0 N–H and O–H groups in total. The Kier molecular flexibility index (Phi) is 6.10. The molecule has 0 aromatic heterocycles. The van der Waals surface area contributed by atoms with Gasteiger partial charge in [0.1, 0.15) is 24.0 Å². The van der Waals surface area contributed by atoms with Crippen molar-refractivity contribution in [2.24, 2.45) is 0 Å². The van der Waals surface area contributed by atoms with Gasteiger partial charge in [-0.1, -0.05) is 45.2 Å². The number of halogens is 3. The molecule has 0 fully saturated rings. The van der Waals surface area contributed by atoms with Crippen molar-refractivity contribution in [1.29, 1.82) is 0 Å². The van der Waals surface area contributed by atoms with E-state index in [0.717, 1.165) is 21.2 Å². The summed E-state index contributed by atoms with van der Waals surface area (Å²) >= 11 is 15.7. The molecular formula is C25H18BrCl2NO4. The number of Topliss-reactive ketones (excluding diaryl/α,β-unsaturated/α-hetero) is 1. The van der Waals surface area contributed by atoms with E-state index in [2.05, 4.69) is 20.8 Å². The number of rotatable bonds is 4. The highest BCUT2D eigenvalue weighted by Crippen LogP contribution is 2.42. The third-order valence-electron chi connectivity index (χ3n) is 5.55. The van der Waals surface area contributed by atoms with Gasteiger partial charge in [0, 0.05) is 23.1 Å². The lowest BCUT2D eigenvalue weighted by molar-refractivity contribution is 0.0873. The van der Waals surface area contributed by atoms with E-state index in [1.807, 2.05) is 36.4 Å². The van der Waals surface area contributed by atoms with Gasteiger partial charge in [-0.2, -0.15) is 0 Å². The van der Waals surface area contributed by atoms with Gasteiger partial charge in [0.05, 0.1) is 28.3 Å². The van der Waals surface area contributed by atoms with Gasteiger partial charge >= 0.3 is 0 Å². The summed E-state index contributed by atoms with van der Waals surface area (Å²) in [6, 6.07) is 14.7. The van der Waals surface area contributed by atoms with Gasteiger partial charge in [0.15, 0.2) is 5.76 Å². The molecule has 0 bridgehead atoms. The molecule has 0 atom stereocenters. The van der Waals surface area contributed by atoms with Crippen LogP contribution in [0.15, 0.2) is 58.8 Å². The molecule has 0 saturated carbocycles. The number of carbonyl (C=O) groups excluding carboxylic acids is 1. The number of ketones is 1. The number of carbonyl (C=O) groups is 1. The van der Waals surface area contributed by atoms with Crippen LogP contribution in [0.2, 0.25) is 10.0 Å². The summed E-state index contributed by atoms with van der Waals surface area (Å²) in [5.74, 6) is 1.98. The fourth-order valence-electron chi connectivity index (χ4n) is 3.96. The fraction of sp³-hybridized carbons (Fsp3) is 0.160. The SMILES string of the molecule is COc1ccc(Br)cc1/C=C1\Oc2c(ccc3c2CN(Cc2ccc(Cl)c(Cl)c2)CO3)C1=O. The Morgan fingerprint density at radius 1 is 1.12 bits per heavy atom. The van der Waals surface area contributed by atoms with E-state index in [4.69, 9.17) is 37.4 Å². The first-order valence-electron chi connectivity index (χ1n) is 10.2. The molecule has 0 radical (unpaired) electrons. The Hall–Kier alpha value is -2.51. The fourth-order valence-corrected chi connectivity index (χ4v) is 4.66. The summed E-state index contributed by atoms with van der Waals surface area (Å²) < 4.78 is 18.3. The van der Waals surface area contributed by atoms with Crippen LogP contribution in [-0.4, -0.2) is 24.5 Å². The van der Waals surface area contributed by atoms with E-state index in [1.165, 1.54) is 0 Å². The van der Waals surface area contributed by atoms with Crippen molar-refractivity contribution >= 4 is 51.0 Å². The van der Waals surface area contributed by atoms with Crippen molar-refractivity contribution in [2.75, 3.05) is 13.8 Å². The molecule has 3 aromatic carbocycles. The second-order valence-electron chi connectivity index (χ2n) is 7.75. The minimum atomic E-state index is -0.170. The Labute approximate surface area is 209 Å². The van der Waals surface area contributed by atoms with E-state index < -0.39 is 0 Å². The molecule has 0 spiro atoms. The monoisotopic (exact) mass is 545 g/mol. The van der Waals surface area contributed by atoms with Crippen LogP contribution in [-0.2, 0) is 13.1 Å². The lowest BCUT2D eigenvalue weighted by Gasteiger charge is -2.29. The molecule has 2 aliphatic rings. The summed E-state index contributed by atoms with van der Waals surface area (Å²) in [6.45, 7) is 1.60. The van der Waals surface area contributed by atoms with Crippen molar-refractivity contribution < 1.29 is 19.0 Å². The van der Waals surface area contributed by atoms with Crippen molar-refractivity contribution in [3.05, 3.63) is 91.1 Å². The molecule has 5 rings (SSSR count). The summed E-state index contributed by atoms with van der Waals surface area (Å²) in [5, 5.41) is 1.03. The third kappa shape index (κ3) is 4.36. The number of hydrogen-bond donors (Lipinski definition) is 0. The van der Waals surface area contributed by atoms with Crippen LogP contribution in [0, 0.1) is 0 Å². The zero-order valence-electron chi connectivity index (χ0n) is 17.5. The second-order valence-corrected chi connectivity index (χ2v) is 9.48. The molecule has 0 unspecified atom stereocenters.